The van der Waals surface area contributed by atoms with E-state index in [0.29, 0.717) is 18.6 Å². The predicted molar refractivity (Wildman–Crippen MR) is 141 cm³/mol. The molecule has 2 aromatic rings. The fourth-order valence-corrected chi connectivity index (χ4v) is 4.92. The van der Waals surface area contributed by atoms with Crippen LogP contribution in [-0.4, -0.2) is 87.9 Å². The molecule has 2 aliphatic heterocycles. The zero-order valence-electron chi connectivity index (χ0n) is 22.4. The molecule has 40 heavy (non-hydrogen) atoms. The number of carbonyl (C=O) groups is 4. The summed E-state index contributed by atoms with van der Waals surface area (Å²) in [5, 5.41) is 19.6. The van der Waals surface area contributed by atoms with Crippen LogP contribution >= 0.6 is 0 Å². The number of amides is 4. The lowest BCUT2D eigenvalue weighted by Gasteiger charge is -2.40. The van der Waals surface area contributed by atoms with Crippen LogP contribution in [0.2, 0.25) is 0 Å². The summed E-state index contributed by atoms with van der Waals surface area (Å²) < 4.78 is 19.2. The summed E-state index contributed by atoms with van der Waals surface area (Å²) in [4.78, 5) is 56.7. The molecular formula is C27H31FN6O6. The van der Waals surface area contributed by atoms with E-state index in [-0.39, 0.29) is 24.7 Å². The molecule has 0 radical (unpaired) electrons. The van der Waals surface area contributed by atoms with Crippen molar-refractivity contribution >= 4 is 29.5 Å². The van der Waals surface area contributed by atoms with E-state index in [4.69, 9.17) is 9.84 Å². The van der Waals surface area contributed by atoms with Crippen LogP contribution in [0.5, 0.6) is 5.75 Å². The summed E-state index contributed by atoms with van der Waals surface area (Å²) in [5.41, 5.74) is -1.06. The van der Waals surface area contributed by atoms with Crippen LogP contribution in [0.15, 0.2) is 53.9 Å². The summed E-state index contributed by atoms with van der Waals surface area (Å²) in [5.74, 6) is -2.16. The van der Waals surface area contributed by atoms with Crippen molar-refractivity contribution < 1.29 is 33.4 Å². The number of benzene rings is 1. The normalized spacial score (nSPS) is 19.4. The Balaban J connectivity index is 1.60. The standard InChI is InChI=1S/C27H31FN6O6/c1-26(2,31-25(38)39)23(36)30-20(15-40-19-11-18(28)13-29-14-19)22(35)34-10-9-21-27(16-34,24(37)33(3)32-21)12-17-7-5-4-6-8-17/h4-8,11,13-14,20,31H,9-10,12,15-16H2,1-3H3,(H,30,36)(H,38,39)/t20-,27-/m1/s1. The third-order valence-corrected chi connectivity index (χ3v) is 6.95. The second-order valence-electron chi connectivity index (χ2n) is 10.4. The third kappa shape index (κ3) is 6.03. The maximum Gasteiger partial charge on any atom is 0.405 e. The number of likely N-dealkylation sites (tertiary alicyclic amines) is 1. The van der Waals surface area contributed by atoms with E-state index in [1.165, 1.54) is 30.0 Å². The average molecular weight is 555 g/mol. The van der Waals surface area contributed by atoms with Crippen molar-refractivity contribution in [2.45, 2.75) is 38.3 Å². The number of aromatic nitrogens is 1. The van der Waals surface area contributed by atoms with Gasteiger partial charge in [0.25, 0.3) is 5.91 Å². The minimum atomic E-state index is -1.58. The van der Waals surface area contributed by atoms with Gasteiger partial charge in [-0.3, -0.25) is 19.4 Å². The molecule has 13 heteroatoms. The van der Waals surface area contributed by atoms with Crippen molar-refractivity contribution in [1.29, 1.82) is 0 Å². The van der Waals surface area contributed by atoms with Gasteiger partial charge in [-0.15, -0.1) is 0 Å². The highest BCUT2D eigenvalue weighted by atomic mass is 19.1. The number of hydrogen-bond acceptors (Lipinski definition) is 7. The summed E-state index contributed by atoms with van der Waals surface area (Å²) in [7, 11) is 1.58. The van der Waals surface area contributed by atoms with Crippen LogP contribution in [-0.2, 0) is 20.8 Å². The first-order valence-corrected chi connectivity index (χ1v) is 12.7. The van der Waals surface area contributed by atoms with Gasteiger partial charge in [0, 0.05) is 32.6 Å². The molecule has 1 saturated heterocycles. The third-order valence-electron chi connectivity index (χ3n) is 6.95. The predicted octanol–water partition coefficient (Wildman–Crippen LogP) is 1.42. The van der Waals surface area contributed by atoms with E-state index in [1.807, 2.05) is 30.3 Å². The van der Waals surface area contributed by atoms with Gasteiger partial charge in [0.1, 0.15) is 35.2 Å². The molecule has 0 saturated carbocycles. The molecule has 0 aliphatic carbocycles. The largest absolute Gasteiger partial charge is 0.489 e. The fourth-order valence-electron chi connectivity index (χ4n) is 4.92. The second kappa shape index (κ2) is 11.3. The Bertz CT molecular complexity index is 1340. The summed E-state index contributed by atoms with van der Waals surface area (Å²) in [6.07, 6.45) is 1.51. The summed E-state index contributed by atoms with van der Waals surface area (Å²) in [6.45, 7) is 2.56. The highest BCUT2D eigenvalue weighted by Gasteiger charge is 2.54. The van der Waals surface area contributed by atoms with Crippen molar-refractivity contribution in [3.63, 3.8) is 0 Å². The Kier molecular flexibility index (Phi) is 8.03. The van der Waals surface area contributed by atoms with Gasteiger partial charge in [-0.2, -0.15) is 5.10 Å². The molecule has 3 N–H and O–H groups in total. The minimum Gasteiger partial charge on any atom is -0.489 e. The molecular weight excluding hydrogens is 523 g/mol. The number of nitrogens with zero attached hydrogens (tertiary/aromatic N) is 4. The van der Waals surface area contributed by atoms with Gasteiger partial charge in [0.2, 0.25) is 11.8 Å². The fraction of sp³-hybridized carbons (Fsp3) is 0.407. The number of carboxylic acid groups (broad SMARTS) is 1. The van der Waals surface area contributed by atoms with Crippen LogP contribution in [0.3, 0.4) is 0 Å². The molecule has 212 valence electrons. The number of carbonyl (C=O) groups excluding carboxylic acids is 3. The van der Waals surface area contributed by atoms with E-state index in [9.17, 15) is 23.6 Å². The van der Waals surface area contributed by atoms with Gasteiger partial charge in [0.15, 0.2) is 0 Å². The van der Waals surface area contributed by atoms with E-state index >= 15 is 0 Å². The maximum absolute atomic E-state index is 13.9. The zero-order valence-corrected chi connectivity index (χ0v) is 22.4. The molecule has 2 atom stereocenters. The first-order valence-electron chi connectivity index (χ1n) is 12.7. The number of nitrogens with one attached hydrogen (secondary N) is 2. The number of fused-ring (bicyclic) bond motifs is 1. The highest BCUT2D eigenvalue weighted by molar-refractivity contribution is 6.13. The van der Waals surface area contributed by atoms with Crippen molar-refractivity contribution in [2.75, 3.05) is 26.7 Å². The number of rotatable bonds is 9. The number of hydrogen-bond donors (Lipinski definition) is 3. The van der Waals surface area contributed by atoms with Gasteiger partial charge in [-0.05, 0) is 25.8 Å². The average Bonchev–Trinajstić information content (AvgIpc) is 3.14. The number of piperidine rings is 1. The van der Waals surface area contributed by atoms with E-state index in [1.54, 1.807) is 7.05 Å². The number of halogens is 1. The van der Waals surface area contributed by atoms with Crippen LogP contribution in [0.25, 0.3) is 0 Å². The lowest BCUT2D eigenvalue weighted by Crippen LogP contribution is -2.62. The SMILES string of the molecule is CN1N=C2CCN(C(=O)[C@@H](COc3cncc(F)c3)NC(=O)C(C)(C)NC(=O)O)C[C@@]2(Cc2ccccc2)C1=O. The lowest BCUT2D eigenvalue weighted by atomic mass is 9.73. The quantitative estimate of drug-likeness (QED) is 0.424. The Hall–Kier alpha value is -4.55. The zero-order chi connectivity index (χ0) is 29.1. The lowest BCUT2D eigenvalue weighted by molar-refractivity contribution is -0.143. The molecule has 2 aliphatic rings. The van der Waals surface area contributed by atoms with E-state index < -0.39 is 47.3 Å². The van der Waals surface area contributed by atoms with E-state index in [0.717, 1.165) is 17.8 Å². The minimum absolute atomic E-state index is 0.0212. The monoisotopic (exact) mass is 554 g/mol. The Morgan fingerprint density at radius 2 is 1.95 bits per heavy atom. The maximum atomic E-state index is 13.9. The molecule has 1 aromatic carbocycles. The van der Waals surface area contributed by atoms with Gasteiger partial charge in [0.05, 0.1) is 18.1 Å². The topological polar surface area (TPSA) is 154 Å². The number of ether oxygens (including phenoxy) is 1. The second-order valence-corrected chi connectivity index (χ2v) is 10.4. The molecule has 1 fully saturated rings. The molecule has 3 heterocycles. The van der Waals surface area contributed by atoms with Crippen LogP contribution < -0.4 is 15.4 Å². The summed E-state index contributed by atoms with van der Waals surface area (Å²) in [6, 6.07) is 9.21. The first kappa shape index (κ1) is 28.5. The summed E-state index contributed by atoms with van der Waals surface area (Å²) >= 11 is 0. The molecule has 4 rings (SSSR count). The molecule has 0 bridgehead atoms. The van der Waals surface area contributed by atoms with Crippen LogP contribution in [0.4, 0.5) is 9.18 Å². The van der Waals surface area contributed by atoms with Gasteiger partial charge in [-0.25, -0.2) is 14.2 Å². The van der Waals surface area contributed by atoms with E-state index in [2.05, 4.69) is 20.7 Å². The van der Waals surface area contributed by atoms with Gasteiger partial charge in [-0.1, -0.05) is 30.3 Å². The number of hydrazone groups is 1. The van der Waals surface area contributed by atoms with Crippen molar-refractivity contribution in [3.8, 4) is 5.75 Å². The van der Waals surface area contributed by atoms with Crippen molar-refractivity contribution in [2.24, 2.45) is 10.5 Å². The highest BCUT2D eigenvalue weighted by Crippen LogP contribution is 2.38. The Morgan fingerprint density at radius 1 is 1.23 bits per heavy atom. The Labute approximate surface area is 230 Å². The van der Waals surface area contributed by atoms with Gasteiger partial charge < -0.3 is 25.4 Å². The number of pyridine rings is 1. The smallest absolute Gasteiger partial charge is 0.405 e. The Morgan fingerprint density at radius 3 is 2.62 bits per heavy atom. The molecule has 1 aromatic heterocycles. The molecule has 0 unspecified atom stereocenters. The van der Waals surface area contributed by atoms with Crippen LogP contribution in [0.1, 0.15) is 25.8 Å². The van der Waals surface area contributed by atoms with Gasteiger partial charge >= 0.3 is 6.09 Å². The van der Waals surface area contributed by atoms with Crippen molar-refractivity contribution in [1.82, 2.24) is 25.5 Å². The molecule has 0 spiro atoms. The van der Waals surface area contributed by atoms with Crippen molar-refractivity contribution in [3.05, 3.63) is 60.2 Å². The first-order chi connectivity index (χ1) is 18.9. The molecule has 12 nitrogen and oxygen atoms in total. The molecule has 4 amide bonds. The van der Waals surface area contributed by atoms with Crippen LogP contribution in [0, 0.1) is 11.2 Å².